The number of carbonyl (C=O) groups excluding carboxylic acids is 1. The first-order valence-electron chi connectivity index (χ1n) is 11.1. The average molecular weight is 547 g/mol. The Balaban J connectivity index is 1.54. The van der Waals surface area contributed by atoms with E-state index < -0.39 is 29.3 Å². The predicted molar refractivity (Wildman–Crippen MR) is 134 cm³/mol. The molecule has 2 aromatic heterocycles. The molecule has 1 amide bonds. The lowest BCUT2D eigenvalue weighted by Gasteiger charge is -2.14. The van der Waals surface area contributed by atoms with Crippen molar-refractivity contribution < 1.29 is 22.7 Å². The Morgan fingerprint density at radius 1 is 1.05 bits per heavy atom. The van der Waals surface area contributed by atoms with E-state index in [0.29, 0.717) is 22.4 Å². The van der Waals surface area contributed by atoms with Gasteiger partial charge in [-0.1, -0.05) is 23.9 Å². The highest BCUT2D eigenvalue weighted by Gasteiger charge is 2.31. The number of carbonyl (C=O) groups is 1. The third-order valence-corrected chi connectivity index (χ3v) is 6.10. The molecule has 0 spiro atoms. The van der Waals surface area contributed by atoms with Crippen LogP contribution in [0.1, 0.15) is 22.6 Å². The van der Waals surface area contributed by atoms with Gasteiger partial charge in [0.15, 0.2) is 5.16 Å². The third-order valence-electron chi connectivity index (χ3n) is 5.17. The number of halogens is 3. The number of hydrogen-bond donors (Lipinski definition) is 3. The number of H-pyrrole nitrogens is 2. The molecular formula is C24H21F3N6O4S. The Labute approximate surface area is 217 Å². The van der Waals surface area contributed by atoms with E-state index in [1.54, 1.807) is 4.57 Å². The largest absolute Gasteiger partial charge is 0.573 e. The van der Waals surface area contributed by atoms with Crippen LogP contribution >= 0.6 is 11.8 Å². The Hall–Kier alpha value is -4.33. The molecule has 2 aromatic carbocycles. The molecule has 0 aliphatic rings. The summed E-state index contributed by atoms with van der Waals surface area (Å²) in [6, 6.07) is 11.8. The molecule has 0 aliphatic heterocycles. The highest BCUT2D eigenvalue weighted by Crippen LogP contribution is 2.27. The topological polar surface area (TPSA) is 135 Å². The molecule has 0 fully saturated rings. The minimum Gasteiger partial charge on any atom is -0.406 e. The molecule has 4 aromatic rings. The molecule has 14 heteroatoms. The van der Waals surface area contributed by atoms with E-state index in [9.17, 15) is 27.6 Å². The molecular weight excluding hydrogens is 525 g/mol. The minimum absolute atomic E-state index is 0.0777. The summed E-state index contributed by atoms with van der Waals surface area (Å²) in [5.74, 6) is -0.467. The molecule has 2 heterocycles. The maximum atomic E-state index is 12.6. The zero-order valence-electron chi connectivity index (χ0n) is 20.0. The van der Waals surface area contributed by atoms with Crippen LogP contribution in [-0.2, 0) is 11.2 Å². The van der Waals surface area contributed by atoms with Gasteiger partial charge in [0.2, 0.25) is 5.91 Å². The Morgan fingerprint density at radius 2 is 1.79 bits per heavy atom. The fourth-order valence-electron chi connectivity index (χ4n) is 3.56. The van der Waals surface area contributed by atoms with Gasteiger partial charge in [-0.15, -0.1) is 23.4 Å². The number of ether oxygens (including phenoxy) is 1. The quantitative estimate of drug-likeness (QED) is 0.288. The number of aryl methyl sites for hydroxylation is 2. The monoisotopic (exact) mass is 546 g/mol. The number of alkyl halides is 3. The van der Waals surface area contributed by atoms with E-state index in [-0.39, 0.29) is 12.2 Å². The summed E-state index contributed by atoms with van der Waals surface area (Å²) in [4.78, 5) is 40.7. The van der Waals surface area contributed by atoms with Crippen molar-refractivity contribution in [3.05, 3.63) is 92.0 Å². The van der Waals surface area contributed by atoms with Crippen molar-refractivity contribution in [2.45, 2.75) is 31.8 Å². The second kappa shape index (κ2) is 11.0. The number of anilines is 1. The van der Waals surface area contributed by atoms with Crippen molar-refractivity contribution in [1.82, 2.24) is 24.7 Å². The normalized spacial score (nSPS) is 11.4. The fourth-order valence-corrected chi connectivity index (χ4v) is 4.33. The molecule has 38 heavy (non-hydrogen) atoms. The van der Waals surface area contributed by atoms with Crippen LogP contribution < -0.4 is 21.3 Å². The van der Waals surface area contributed by atoms with Gasteiger partial charge in [-0.3, -0.25) is 19.1 Å². The molecule has 0 saturated carbocycles. The summed E-state index contributed by atoms with van der Waals surface area (Å²) < 4.78 is 42.6. The summed E-state index contributed by atoms with van der Waals surface area (Å²) in [7, 11) is 0. The SMILES string of the molecule is Cc1ccc(C)c(-n2c(Cc3cc(=O)[nH]c(=O)[nH]3)nnc2SCC(=O)Nc2ccc(OC(F)(F)F)cc2)c1. The van der Waals surface area contributed by atoms with Gasteiger partial charge in [0.1, 0.15) is 11.6 Å². The average Bonchev–Trinajstić information content (AvgIpc) is 3.21. The van der Waals surface area contributed by atoms with Crippen molar-refractivity contribution in [1.29, 1.82) is 0 Å². The zero-order chi connectivity index (χ0) is 27.4. The van der Waals surface area contributed by atoms with Crippen LogP contribution in [0.5, 0.6) is 5.75 Å². The number of amides is 1. The van der Waals surface area contributed by atoms with Crippen LogP contribution in [0.2, 0.25) is 0 Å². The molecule has 0 bridgehead atoms. The molecule has 3 N–H and O–H groups in total. The number of aromatic amines is 2. The van der Waals surface area contributed by atoms with Gasteiger partial charge in [0.05, 0.1) is 11.4 Å². The lowest BCUT2D eigenvalue weighted by molar-refractivity contribution is -0.274. The summed E-state index contributed by atoms with van der Waals surface area (Å²) in [6.07, 6.45) is -4.71. The van der Waals surface area contributed by atoms with E-state index in [0.717, 1.165) is 40.7 Å². The first-order valence-corrected chi connectivity index (χ1v) is 12.1. The highest BCUT2D eigenvalue weighted by atomic mass is 32.2. The molecule has 0 unspecified atom stereocenters. The van der Waals surface area contributed by atoms with E-state index >= 15 is 0 Å². The van der Waals surface area contributed by atoms with E-state index in [4.69, 9.17) is 0 Å². The summed E-state index contributed by atoms with van der Waals surface area (Å²) >= 11 is 1.10. The molecule has 0 atom stereocenters. The van der Waals surface area contributed by atoms with Crippen LogP contribution in [0.25, 0.3) is 5.69 Å². The number of nitrogens with zero attached hydrogens (tertiary/aromatic N) is 3. The molecule has 0 radical (unpaired) electrons. The molecule has 10 nitrogen and oxygen atoms in total. The second-order valence-electron chi connectivity index (χ2n) is 8.22. The summed E-state index contributed by atoms with van der Waals surface area (Å²) in [6.45, 7) is 3.83. The van der Waals surface area contributed by atoms with E-state index in [1.165, 1.54) is 18.2 Å². The Bertz CT molecular complexity index is 1550. The smallest absolute Gasteiger partial charge is 0.406 e. The Morgan fingerprint density at radius 3 is 2.47 bits per heavy atom. The van der Waals surface area contributed by atoms with Crippen molar-refractivity contribution in [2.24, 2.45) is 0 Å². The second-order valence-corrected chi connectivity index (χ2v) is 9.17. The Kier molecular flexibility index (Phi) is 7.71. The van der Waals surface area contributed by atoms with Crippen molar-refractivity contribution >= 4 is 23.4 Å². The molecule has 0 saturated heterocycles. The lowest BCUT2D eigenvalue weighted by Crippen LogP contribution is -2.23. The fraction of sp³-hybridized carbons (Fsp3) is 0.208. The molecule has 0 aliphatic carbocycles. The zero-order valence-corrected chi connectivity index (χ0v) is 20.9. The number of benzene rings is 2. The van der Waals surface area contributed by atoms with Gasteiger partial charge in [-0.05, 0) is 55.3 Å². The maximum Gasteiger partial charge on any atom is 0.573 e. The third kappa shape index (κ3) is 6.91. The van der Waals surface area contributed by atoms with Gasteiger partial charge < -0.3 is 15.0 Å². The van der Waals surface area contributed by atoms with Crippen molar-refractivity contribution in [3.8, 4) is 11.4 Å². The van der Waals surface area contributed by atoms with Crippen molar-refractivity contribution in [3.63, 3.8) is 0 Å². The van der Waals surface area contributed by atoms with Crippen LogP contribution in [0, 0.1) is 13.8 Å². The molecule has 4 rings (SSSR count). The van der Waals surface area contributed by atoms with Gasteiger partial charge in [0.25, 0.3) is 5.56 Å². The number of rotatable bonds is 8. The van der Waals surface area contributed by atoms with Crippen LogP contribution in [0.15, 0.2) is 63.3 Å². The minimum atomic E-state index is -4.81. The van der Waals surface area contributed by atoms with Crippen molar-refractivity contribution in [2.75, 3.05) is 11.1 Å². The first-order chi connectivity index (χ1) is 18.0. The first kappa shape index (κ1) is 26.7. The maximum absolute atomic E-state index is 12.6. The van der Waals surface area contributed by atoms with Gasteiger partial charge in [-0.25, -0.2) is 4.79 Å². The van der Waals surface area contributed by atoms with Crippen LogP contribution in [0.4, 0.5) is 18.9 Å². The number of thioether (sulfide) groups is 1. The standard InChI is InChI=1S/C24H21F3N6O4S/c1-13-3-4-14(2)18(9-13)33-19(10-16-11-20(34)30-22(36)29-16)31-32-23(33)38-12-21(35)28-15-5-7-17(8-6-15)37-24(25,26)27/h3-9,11H,10,12H2,1-2H3,(H,28,35)(H2,29,30,34,36). The lowest BCUT2D eigenvalue weighted by atomic mass is 10.1. The predicted octanol–water partition coefficient (Wildman–Crippen LogP) is 3.48. The number of aromatic nitrogens is 5. The van der Waals surface area contributed by atoms with Gasteiger partial charge in [-0.2, -0.15) is 0 Å². The van der Waals surface area contributed by atoms with Gasteiger partial charge in [0, 0.05) is 23.9 Å². The van der Waals surface area contributed by atoms with Gasteiger partial charge >= 0.3 is 12.1 Å². The highest BCUT2D eigenvalue weighted by molar-refractivity contribution is 7.99. The number of nitrogens with one attached hydrogen (secondary N) is 3. The molecule has 198 valence electrons. The van der Waals surface area contributed by atoms with E-state index in [1.807, 2.05) is 32.0 Å². The van der Waals surface area contributed by atoms with Crippen LogP contribution in [0.3, 0.4) is 0 Å². The van der Waals surface area contributed by atoms with Crippen LogP contribution in [-0.4, -0.2) is 42.8 Å². The number of hydrogen-bond acceptors (Lipinski definition) is 7. The summed E-state index contributed by atoms with van der Waals surface area (Å²) in [5, 5.41) is 11.5. The summed E-state index contributed by atoms with van der Waals surface area (Å²) in [5.41, 5.74) is 2.08. The van der Waals surface area contributed by atoms with E-state index in [2.05, 4.69) is 30.2 Å².